The number of carbonyl (C=O) groups is 2. The Labute approximate surface area is 184 Å². The smallest absolute Gasteiger partial charge is 0.416 e. The van der Waals surface area contributed by atoms with Crippen molar-refractivity contribution in [2.75, 3.05) is 25.1 Å². The fourth-order valence-corrected chi connectivity index (χ4v) is 4.17. The van der Waals surface area contributed by atoms with E-state index in [1.54, 1.807) is 24.3 Å². The molecule has 4 rings (SSSR count). The lowest BCUT2D eigenvalue weighted by Gasteiger charge is -2.32. The highest BCUT2D eigenvalue weighted by Gasteiger charge is 2.44. The molecular formula is C24H23F3N2O3. The summed E-state index contributed by atoms with van der Waals surface area (Å²) in [5.74, 6) is -0.154. The van der Waals surface area contributed by atoms with Gasteiger partial charge in [-0.3, -0.25) is 9.59 Å². The fourth-order valence-electron chi connectivity index (χ4n) is 4.17. The highest BCUT2D eigenvalue weighted by atomic mass is 19.4. The van der Waals surface area contributed by atoms with Gasteiger partial charge in [0.2, 0.25) is 0 Å². The number of hydrogen-bond donors (Lipinski definition) is 0. The van der Waals surface area contributed by atoms with Crippen molar-refractivity contribution in [3.05, 3.63) is 65.4 Å². The molecule has 0 spiro atoms. The zero-order valence-corrected chi connectivity index (χ0v) is 17.8. The van der Waals surface area contributed by atoms with Gasteiger partial charge in [-0.1, -0.05) is 25.1 Å². The highest BCUT2D eigenvalue weighted by molar-refractivity contribution is 6.45. The lowest BCUT2D eigenvalue weighted by atomic mass is 9.97. The molecule has 0 saturated carbocycles. The SMILES string of the molecule is COc1ccccc1C1=C(N2CCC(C)CC2)C(=O)N(c2ccc(C(F)(F)F)cc2)C1=O. The lowest BCUT2D eigenvalue weighted by Crippen LogP contribution is -2.38. The number of rotatable bonds is 4. The molecule has 2 aliphatic rings. The van der Waals surface area contributed by atoms with E-state index < -0.39 is 23.6 Å². The quantitative estimate of drug-likeness (QED) is 0.640. The minimum Gasteiger partial charge on any atom is -0.496 e. The molecule has 0 aromatic heterocycles. The van der Waals surface area contributed by atoms with Gasteiger partial charge in [-0.15, -0.1) is 0 Å². The molecular weight excluding hydrogens is 421 g/mol. The van der Waals surface area contributed by atoms with Crippen LogP contribution in [0.1, 0.15) is 30.9 Å². The Morgan fingerprint density at radius 1 is 0.938 bits per heavy atom. The first kappa shape index (κ1) is 21.9. The Morgan fingerprint density at radius 3 is 2.16 bits per heavy atom. The summed E-state index contributed by atoms with van der Waals surface area (Å²) in [6.45, 7) is 3.38. The summed E-state index contributed by atoms with van der Waals surface area (Å²) in [5, 5.41) is 0. The van der Waals surface area contributed by atoms with Gasteiger partial charge in [-0.25, -0.2) is 4.90 Å². The maximum atomic E-state index is 13.5. The number of benzene rings is 2. The Bertz CT molecular complexity index is 1070. The van der Waals surface area contributed by atoms with Crippen LogP contribution >= 0.6 is 0 Å². The van der Waals surface area contributed by atoms with Crippen LogP contribution in [0.15, 0.2) is 54.2 Å². The molecule has 168 valence electrons. The van der Waals surface area contributed by atoms with Gasteiger partial charge in [0.05, 0.1) is 23.9 Å². The van der Waals surface area contributed by atoms with Crippen molar-refractivity contribution in [3.8, 4) is 5.75 Å². The zero-order valence-electron chi connectivity index (χ0n) is 17.8. The van der Waals surface area contributed by atoms with Gasteiger partial charge in [0, 0.05) is 18.7 Å². The maximum absolute atomic E-state index is 13.5. The Balaban J connectivity index is 1.80. The lowest BCUT2D eigenvalue weighted by molar-refractivity contribution is -0.137. The van der Waals surface area contributed by atoms with E-state index in [-0.39, 0.29) is 17.0 Å². The number of piperidine rings is 1. The summed E-state index contributed by atoms with van der Waals surface area (Å²) in [6, 6.07) is 11.0. The number of methoxy groups -OCH3 is 1. The van der Waals surface area contributed by atoms with E-state index in [4.69, 9.17) is 4.74 Å². The fraction of sp³-hybridized carbons (Fsp3) is 0.333. The van der Waals surface area contributed by atoms with Crippen molar-refractivity contribution in [1.82, 2.24) is 4.90 Å². The second-order valence-electron chi connectivity index (χ2n) is 8.08. The summed E-state index contributed by atoms with van der Waals surface area (Å²) in [5.41, 5.74) is 0.217. The number of alkyl halides is 3. The molecule has 32 heavy (non-hydrogen) atoms. The molecule has 0 atom stereocenters. The molecule has 2 amide bonds. The second-order valence-corrected chi connectivity index (χ2v) is 8.08. The Kier molecular flexibility index (Phi) is 5.71. The third-order valence-corrected chi connectivity index (χ3v) is 5.99. The topological polar surface area (TPSA) is 49.9 Å². The Hall–Kier alpha value is -3.29. The van der Waals surface area contributed by atoms with E-state index in [1.807, 2.05) is 4.90 Å². The summed E-state index contributed by atoms with van der Waals surface area (Å²) >= 11 is 0. The first-order valence-corrected chi connectivity index (χ1v) is 10.4. The van der Waals surface area contributed by atoms with Crippen LogP contribution < -0.4 is 9.64 Å². The number of ether oxygens (including phenoxy) is 1. The minimum absolute atomic E-state index is 0.0979. The van der Waals surface area contributed by atoms with Crippen LogP contribution in [0.2, 0.25) is 0 Å². The summed E-state index contributed by atoms with van der Waals surface area (Å²) in [7, 11) is 1.48. The molecule has 1 saturated heterocycles. The molecule has 5 nitrogen and oxygen atoms in total. The average Bonchev–Trinajstić information content (AvgIpc) is 3.03. The van der Waals surface area contributed by atoms with Gasteiger partial charge in [0.1, 0.15) is 11.4 Å². The van der Waals surface area contributed by atoms with Gasteiger partial charge in [-0.05, 0) is 49.1 Å². The number of likely N-dealkylation sites (tertiary alicyclic amines) is 1. The number of anilines is 1. The van der Waals surface area contributed by atoms with E-state index in [9.17, 15) is 22.8 Å². The van der Waals surface area contributed by atoms with Crippen molar-refractivity contribution in [1.29, 1.82) is 0 Å². The maximum Gasteiger partial charge on any atom is 0.416 e. The first-order valence-electron chi connectivity index (χ1n) is 10.4. The standard InChI is InChI=1S/C24H23F3N2O3/c1-15-11-13-28(14-12-15)21-20(18-5-3-4-6-19(18)32-2)22(30)29(23(21)31)17-9-7-16(8-10-17)24(25,26)27/h3-10,15H,11-14H2,1-2H3. The molecule has 0 bridgehead atoms. The number of para-hydroxylation sites is 1. The molecule has 0 N–H and O–H groups in total. The summed E-state index contributed by atoms with van der Waals surface area (Å²) in [6.07, 6.45) is -2.75. The largest absolute Gasteiger partial charge is 0.496 e. The van der Waals surface area contributed by atoms with E-state index in [0.29, 0.717) is 30.3 Å². The second kappa shape index (κ2) is 8.33. The van der Waals surface area contributed by atoms with Gasteiger partial charge in [-0.2, -0.15) is 13.2 Å². The monoisotopic (exact) mass is 444 g/mol. The van der Waals surface area contributed by atoms with Crippen molar-refractivity contribution in [2.24, 2.45) is 5.92 Å². The highest BCUT2D eigenvalue weighted by Crippen LogP contribution is 2.40. The number of nitrogens with zero attached hydrogens (tertiary/aromatic N) is 2. The van der Waals surface area contributed by atoms with Gasteiger partial charge in [0.25, 0.3) is 11.8 Å². The molecule has 0 radical (unpaired) electrons. The average molecular weight is 444 g/mol. The molecule has 2 aromatic rings. The zero-order chi connectivity index (χ0) is 23.0. The summed E-state index contributed by atoms with van der Waals surface area (Å²) < 4.78 is 44.4. The third kappa shape index (κ3) is 3.85. The van der Waals surface area contributed by atoms with Crippen molar-refractivity contribution >= 4 is 23.1 Å². The predicted molar refractivity (Wildman–Crippen MR) is 114 cm³/mol. The summed E-state index contributed by atoms with van der Waals surface area (Å²) in [4.78, 5) is 29.9. The van der Waals surface area contributed by atoms with Crippen LogP contribution in [-0.2, 0) is 15.8 Å². The number of amides is 2. The van der Waals surface area contributed by atoms with Gasteiger partial charge < -0.3 is 9.64 Å². The molecule has 8 heteroatoms. The molecule has 2 heterocycles. The van der Waals surface area contributed by atoms with Crippen LogP contribution in [0.3, 0.4) is 0 Å². The Morgan fingerprint density at radius 2 is 1.56 bits per heavy atom. The molecule has 1 fully saturated rings. The van der Waals surface area contributed by atoms with Crippen LogP contribution in [0.25, 0.3) is 5.57 Å². The van der Waals surface area contributed by atoms with Crippen molar-refractivity contribution < 1.29 is 27.5 Å². The third-order valence-electron chi connectivity index (χ3n) is 5.99. The molecule has 0 aliphatic carbocycles. The minimum atomic E-state index is -4.51. The molecule has 0 unspecified atom stereocenters. The first-order chi connectivity index (χ1) is 15.2. The van der Waals surface area contributed by atoms with E-state index in [2.05, 4.69) is 6.92 Å². The normalized spacial score (nSPS) is 18.0. The van der Waals surface area contributed by atoms with Crippen LogP contribution in [0.5, 0.6) is 5.75 Å². The molecule has 2 aliphatic heterocycles. The van der Waals surface area contributed by atoms with Crippen molar-refractivity contribution in [3.63, 3.8) is 0 Å². The molecule has 2 aromatic carbocycles. The number of hydrogen-bond acceptors (Lipinski definition) is 4. The van der Waals surface area contributed by atoms with E-state index in [1.165, 1.54) is 7.11 Å². The number of imide groups is 1. The van der Waals surface area contributed by atoms with E-state index in [0.717, 1.165) is 42.0 Å². The van der Waals surface area contributed by atoms with Crippen LogP contribution in [0.4, 0.5) is 18.9 Å². The predicted octanol–water partition coefficient (Wildman–Crippen LogP) is 4.73. The van der Waals surface area contributed by atoms with Gasteiger partial charge >= 0.3 is 6.18 Å². The van der Waals surface area contributed by atoms with E-state index >= 15 is 0 Å². The van der Waals surface area contributed by atoms with Gasteiger partial charge in [0.15, 0.2) is 0 Å². The van der Waals surface area contributed by atoms with Crippen molar-refractivity contribution in [2.45, 2.75) is 25.9 Å². The van der Waals surface area contributed by atoms with Crippen LogP contribution in [0, 0.1) is 5.92 Å². The van der Waals surface area contributed by atoms with Crippen LogP contribution in [-0.4, -0.2) is 36.9 Å². The number of carbonyl (C=O) groups excluding carboxylic acids is 2. The number of halogens is 3.